The van der Waals surface area contributed by atoms with Crippen LogP contribution in [0.5, 0.6) is 0 Å². The Hall–Kier alpha value is -2.69. The van der Waals surface area contributed by atoms with E-state index in [1.807, 2.05) is 0 Å². The summed E-state index contributed by atoms with van der Waals surface area (Å²) < 4.78 is 18.2. The van der Waals surface area contributed by atoms with E-state index in [1.54, 1.807) is 44.2 Å². The Bertz CT molecular complexity index is 767. The summed E-state index contributed by atoms with van der Waals surface area (Å²) in [6.07, 6.45) is 0.123. The van der Waals surface area contributed by atoms with Gasteiger partial charge < -0.3 is 10.5 Å². The lowest BCUT2D eigenvalue weighted by Crippen LogP contribution is -2.35. The van der Waals surface area contributed by atoms with Crippen LogP contribution in [0, 0.1) is 11.2 Å². The summed E-state index contributed by atoms with van der Waals surface area (Å²) >= 11 is 0. The zero-order chi connectivity index (χ0) is 17.9. The maximum atomic E-state index is 13.5. The van der Waals surface area contributed by atoms with Crippen LogP contribution in [0.3, 0.4) is 0 Å². The van der Waals surface area contributed by atoms with E-state index in [0.29, 0.717) is 5.56 Å². The number of nitrogen functional groups attached to an aromatic ring is 1. The predicted molar refractivity (Wildman–Crippen MR) is 90.8 cm³/mol. The third-order valence-corrected chi connectivity index (χ3v) is 4.05. The number of ether oxygens (including phenoxy) is 1. The van der Waals surface area contributed by atoms with Crippen molar-refractivity contribution in [3.63, 3.8) is 0 Å². The number of ketones is 1. The highest BCUT2D eigenvalue weighted by Gasteiger charge is 2.36. The molecular formula is C19H20FNO3. The zero-order valence-electron chi connectivity index (χ0n) is 13.9. The first-order valence-corrected chi connectivity index (χ1v) is 7.51. The van der Waals surface area contributed by atoms with Gasteiger partial charge in [0.15, 0.2) is 5.78 Å². The fourth-order valence-corrected chi connectivity index (χ4v) is 2.30. The first-order valence-electron chi connectivity index (χ1n) is 7.51. The van der Waals surface area contributed by atoms with Crippen molar-refractivity contribution in [1.82, 2.24) is 0 Å². The van der Waals surface area contributed by atoms with Crippen molar-refractivity contribution in [2.45, 2.75) is 20.3 Å². The van der Waals surface area contributed by atoms with Crippen LogP contribution in [-0.2, 0) is 20.7 Å². The molecule has 0 saturated carbocycles. The first kappa shape index (κ1) is 17.7. The molecule has 0 bridgehead atoms. The molecule has 0 aliphatic heterocycles. The summed E-state index contributed by atoms with van der Waals surface area (Å²) in [7, 11) is 1.26. The van der Waals surface area contributed by atoms with Crippen LogP contribution < -0.4 is 5.73 Å². The Morgan fingerprint density at radius 1 is 1.08 bits per heavy atom. The van der Waals surface area contributed by atoms with Gasteiger partial charge in [0.1, 0.15) is 11.2 Å². The maximum absolute atomic E-state index is 13.5. The lowest BCUT2D eigenvalue weighted by Gasteiger charge is -2.19. The highest BCUT2D eigenvalue weighted by Crippen LogP contribution is 2.25. The Balaban J connectivity index is 2.16. The number of carbonyl (C=O) groups excluding carboxylic acids is 2. The van der Waals surface area contributed by atoms with Gasteiger partial charge >= 0.3 is 5.97 Å². The van der Waals surface area contributed by atoms with E-state index in [1.165, 1.54) is 19.2 Å². The quantitative estimate of drug-likeness (QED) is 0.519. The van der Waals surface area contributed by atoms with Gasteiger partial charge in [0, 0.05) is 6.42 Å². The fraction of sp³-hybridized carbons (Fsp3) is 0.263. The number of halogens is 1. The van der Waals surface area contributed by atoms with Crippen LogP contribution in [0.1, 0.15) is 19.4 Å². The van der Waals surface area contributed by atoms with E-state index in [-0.39, 0.29) is 17.9 Å². The Morgan fingerprint density at radius 3 is 2.21 bits per heavy atom. The molecule has 0 fully saturated rings. The number of benzene rings is 2. The van der Waals surface area contributed by atoms with E-state index in [0.717, 1.165) is 11.1 Å². The average Bonchev–Trinajstić information content (AvgIpc) is 2.57. The number of nitrogens with two attached hydrogens (primary N) is 1. The van der Waals surface area contributed by atoms with Crippen molar-refractivity contribution in [2.75, 3.05) is 12.8 Å². The first-order chi connectivity index (χ1) is 11.3. The van der Waals surface area contributed by atoms with Crippen molar-refractivity contribution >= 4 is 17.4 Å². The summed E-state index contributed by atoms with van der Waals surface area (Å²) in [6, 6.07) is 11.8. The molecule has 0 heterocycles. The molecule has 2 aromatic carbocycles. The number of Topliss-reactive ketones (excluding diaryl/α,β-unsaturated/α-hetero) is 1. The van der Waals surface area contributed by atoms with Crippen LogP contribution in [0.25, 0.3) is 11.1 Å². The van der Waals surface area contributed by atoms with Gasteiger partial charge in [-0.05, 0) is 42.7 Å². The van der Waals surface area contributed by atoms with Crippen molar-refractivity contribution in [1.29, 1.82) is 0 Å². The number of methoxy groups -OCH3 is 1. The third-order valence-electron chi connectivity index (χ3n) is 4.05. The molecule has 0 atom stereocenters. The van der Waals surface area contributed by atoms with E-state index in [2.05, 4.69) is 4.74 Å². The molecule has 24 heavy (non-hydrogen) atoms. The van der Waals surface area contributed by atoms with E-state index in [4.69, 9.17) is 5.73 Å². The van der Waals surface area contributed by atoms with E-state index < -0.39 is 17.2 Å². The van der Waals surface area contributed by atoms with E-state index >= 15 is 0 Å². The highest BCUT2D eigenvalue weighted by molar-refractivity contribution is 6.03. The molecule has 0 saturated heterocycles. The van der Waals surface area contributed by atoms with Gasteiger partial charge in [-0.25, -0.2) is 4.39 Å². The van der Waals surface area contributed by atoms with Crippen molar-refractivity contribution < 1.29 is 18.7 Å². The van der Waals surface area contributed by atoms with Gasteiger partial charge in [-0.15, -0.1) is 0 Å². The molecule has 0 radical (unpaired) electrons. The smallest absolute Gasteiger partial charge is 0.318 e. The van der Waals surface area contributed by atoms with Crippen LogP contribution in [0.4, 0.5) is 10.1 Å². The molecule has 126 valence electrons. The van der Waals surface area contributed by atoms with Crippen molar-refractivity contribution in [2.24, 2.45) is 5.41 Å². The average molecular weight is 329 g/mol. The minimum absolute atomic E-state index is 0.103. The number of anilines is 1. The van der Waals surface area contributed by atoms with Crippen LogP contribution in [0.2, 0.25) is 0 Å². The van der Waals surface area contributed by atoms with Gasteiger partial charge in [-0.2, -0.15) is 0 Å². The number of rotatable bonds is 5. The number of esters is 1. The van der Waals surface area contributed by atoms with Crippen LogP contribution >= 0.6 is 0 Å². The molecule has 2 aromatic rings. The number of hydrogen-bond donors (Lipinski definition) is 1. The molecule has 0 amide bonds. The van der Waals surface area contributed by atoms with Crippen molar-refractivity contribution in [3.05, 3.63) is 53.8 Å². The molecule has 5 heteroatoms. The largest absolute Gasteiger partial charge is 0.468 e. The molecule has 0 aliphatic carbocycles. The van der Waals surface area contributed by atoms with E-state index in [9.17, 15) is 14.0 Å². The van der Waals surface area contributed by atoms with Crippen LogP contribution in [-0.4, -0.2) is 18.9 Å². The lowest BCUT2D eigenvalue weighted by molar-refractivity contribution is -0.155. The summed E-state index contributed by atoms with van der Waals surface area (Å²) in [4.78, 5) is 24.0. The Kier molecular flexibility index (Phi) is 5.02. The Labute approximate surface area is 140 Å². The normalized spacial score (nSPS) is 11.2. The zero-order valence-corrected chi connectivity index (χ0v) is 13.9. The van der Waals surface area contributed by atoms with Gasteiger partial charge in [-0.1, -0.05) is 30.3 Å². The van der Waals surface area contributed by atoms with Crippen molar-refractivity contribution in [3.8, 4) is 11.1 Å². The SMILES string of the molecule is COC(=O)C(C)(C)C(=O)Cc1ccc(-c2ccc(N)c(F)c2)cc1. The maximum Gasteiger partial charge on any atom is 0.318 e. The summed E-state index contributed by atoms with van der Waals surface area (Å²) in [5, 5.41) is 0. The molecule has 2 N–H and O–H groups in total. The van der Waals surface area contributed by atoms with Gasteiger partial charge in [0.2, 0.25) is 0 Å². The topological polar surface area (TPSA) is 69.4 Å². The Morgan fingerprint density at radius 2 is 1.67 bits per heavy atom. The lowest BCUT2D eigenvalue weighted by atomic mass is 9.84. The molecule has 4 nitrogen and oxygen atoms in total. The second-order valence-electron chi connectivity index (χ2n) is 6.15. The van der Waals surface area contributed by atoms with Crippen LogP contribution in [0.15, 0.2) is 42.5 Å². The molecular weight excluding hydrogens is 309 g/mol. The van der Waals surface area contributed by atoms with Gasteiger partial charge in [0.05, 0.1) is 12.8 Å². The van der Waals surface area contributed by atoms with Gasteiger partial charge in [-0.3, -0.25) is 9.59 Å². The summed E-state index contributed by atoms with van der Waals surface area (Å²) in [6.45, 7) is 3.10. The number of hydrogen-bond acceptors (Lipinski definition) is 4. The standard InChI is InChI=1S/C19H20FNO3/c1-19(2,18(23)24-3)17(22)10-12-4-6-13(7-5-12)14-8-9-16(21)15(20)11-14/h4-9,11H,10,21H2,1-3H3. The number of carbonyl (C=O) groups is 2. The second-order valence-corrected chi connectivity index (χ2v) is 6.15. The molecule has 0 aliphatic rings. The fourth-order valence-electron chi connectivity index (χ4n) is 2.30. The minimum atomic E-state index is -1.19. The highest BCUT2D eigenvalue weighted by atomic mass is 19.1. The summed E-state index contributed by atoms with van der Waals surface area (Å²) in [5.41, 5.74) is 6.68. The molecule has 0 spiro atoms. The molecule has 0 unspecified atom stereocenters. The van der Waals surface area contributed by atoms with Gasteiger partial charge in [0.25, 0.3) is 0 Å². The predicted octanol–water partition coefficient (Wildman–Crippen LogP) is 3.39. The second kappa shape index (κ2) is 6.83. The monoisotopic (exact) mass is 329 g/mol. The summed E-state index contributed by atoms with van der Waals surface area (Å²) in [5.74, 6) is -1.24. The third kappa shape index (κ3) is 3.62. The molecule has 2 rings (SSSR count). The molecule has 0 aromatic heterocycles. The minimum Gasteiger partial charge on any atom is -0.468 e.